The first-order valence-corrected chi connectivity index (χ1v) is 13.4. The van der Waals surface area contributed by atoms with E-state index in [1.54, 1.807) is 12.1 Å². The minimum atomic E-state index is -3.60. The fourth-order valence-corrected chi connectivity index (χ4v) is 5.58. The maximum atomic E-state index is 12.9. The number of nitrogens with one attached hydrogen (secondary N) is 1. The van der Waals surface area contributed by atoms with Gasteiger partial charge in [-0.25, -0.2) is 8.42 Å². The van der Waals surface area contributed by atoms with Crippen molar-refractivity contribution in [2.45, 2.75) is 39.0 Å². The van der Waals surface area contributed by atoms with Crippen LogP contribution in [-0.4, -0.2) is 51.2 Å². The summed E-state index contributed by atoms with van der Waals surface area (Å²) in [6.07, 6.45) is 2.68. The zero-order chi connectivity index (χ0) is 23.6. The number of piperidine rings is 1. The van der Waals surface area contributed by atoms with Crippen LogP contribution in [0.1, 0.15) is 30.9 Å². The number of carbonyl (C=O) groups is 1. The second kappa shape index (κ2) is 9.91. The summed E-state index contributed by atoms with van der Waals surface area (Å²) in [5.74, 6) is 0.679. The molecule has 0 aliphatic carbocycles. The zero-order valence-corrected chi connectivity index (χ0v) is 20.5. The average Bonchev–Trinajstić information content (AvgIpc) is 2.76. The Hall–Kier alpha value is -2.29. The largest absolute Gasteiger partial charge is 0.476 e. The predicted molar refractivity (Wildman–Crippen MR) is 130 cm³/mol. The van der Waals surface area contributed by atoms with Gasteiger partial charge in [-0.2, -0.15) is 0 Å². The number of anilines is 1. The lowest BCUT2D eigenvalue weighted by Crippen LogP contribution is -2.50. The molecular formula is C24H30ClN3O4S. The highest BCUT2D eigenvalue weighted by atomic mass is 35.5. The molecule has 2 aliphatic rings. The molecule has 178 valence electrons. The highest BCUT2D eigenvalue weighted by Gasteiger charge is 2.35. The zero-order valence-electron chi connectivity index (χ0n) is 19.0. The summed E-state index contributed by atoms with van der Waals surface area (Å²) in [7, 11) is -3.60. The summed E-state index contributed by atoms with van der Waals surface area (Å²) in [6.45, 7) is 5.67. The molecule has 1 amide bonds. The first-order valence-electron chi connectivity index (χ1n) is 11.2. The summed E-state index contributed by atoms with van der Waals surface area (Å²) in [6, 6.07) is 12.9. The van der Waals surface area contributed by atoms with Crippen LogP contribution in [0.3, 0.4) is 0 Å². The van der Waals surface area contributed by atoms with Crippen molar-refractivity contribution in [1.29, 1.82) is 0 Å². The van der Waals surface area contributed by atoms with Crippen LogP contribution in [0.15, 0.2) is 42.5 Å². The number of amides is 1. The Morgan fingerprint density at radius 2 is 1.97 bits per heavy atom. The van der Waals surface area contributed by atoms with E-state index in [0.717, 1.165) is 37.4 Å². The number of halogens is 1. The van der Waals surface area contributed by atoms with Crippen LogP contribution in [0.2, 0.25) is 5.02 Å². The summed E-state index contributed by atoms with van der Waals surface area (Å²) in [4.78, 5) is 15.3. The van der Waals surface area contributed by atoms with Crippen molar-refractivity contribution in [3.63, 3.8) is 0 Å². The van der Waals surface area contributed by atoms with Crippen LogP contribution in [0, 0.1) is 5.92 Å². The Bertz CT molecular complexity index is 1120. The highest BCUT2D eigenvalue weighted by Crippen LogP contribution is 2.37. The van der Waals surface area contributed by atoms with Gasteiger partial charge < -0.3 is 10.1 Å². The molecule has 2 heterocycles. The van der Waals surface area contributed by atoms with Crippen LogP contribution in [-0.2, 0) is 27.9 Å². The number of hydrogen-bond donors (Lipinski definition) is 1. The smallest absolute Gasteiger partial charge is 0.263 e. The van der Waals surface area contributed by atoms with Crippen molar-refractivity contribution in [1.82, 2.24) is 10.2 Å². The molecule has 33 heavy (non-hydrogen) atoms. The Morgan fingerprint density at radius 3 is 2.73 bits per heavy atom. The second-order valence-electron chi connectivity index (χ2n) is 9.03. The lowest BCUT2D eigenvalue weighted by atomic mass is 9.99. The Balaban J connectivity index is 1.40. The van der Waals surface area contributed by atoms with Gasteiger partial charge in [0, 0.05) is 24.7 Å². The number of benzene rings is 2. The molecule has 0 saturated carbocycles. The van der Waals surface area contributed by atoms with Gasteiger partial charge in [-0.15, -0.1) is 0 Å². The summed E-state index contributed by atoms with van der Waals surface area (Å²) in [5.41, 5.74) is 2.56. The molecule has 2 aromatic rings. The lowest BCUT2D eigenvalue weighted by molar-refractivity contribution is -0.127. The van der Waals surface area contributed by atoms with Crippen molar-refractivity contribution >= 4 is 33.2 Å². The van der Waals surface area contributed by atoms with E-state index in [1.807, 2.05) is 12.1 Å². The molecule has 2 atom stereocenters. The molecule has 0 aromatic heterocycles. The molecule has 4 rings (SSSR count). The third kappa shape index (κ3) is 5.99. The molecule has 0 spiro atoms. The number of rotatable bonds is 6. The summed E-state index contributed by atoms with van der Waals surface area (Å²) < 4.78 is 31.6. The average molecular weight is 492 g/mol. The normalized spacial score (nSPS) is 21.2. The summed E-state index contributed by atoms with van der Waals surface area (Å²) >= 11 is 6.03. The van der Waals surface area contributed by atoms with Gasteiger partial charge in [-0.1, -0.05) is 42.8 Å². The van der Waals surface area contributed by atoms with Crippen LogP contribution >= 0.6 is 11.6 Å². The molecule has 2 unspecified atom stereocenters. The topological polar surface area (TPSA) is 79.0 Å². The van der Waals surface area contributed by atoms with E-state index < -0.39 is 16.1 Å². The monoisotopic (exact) mass is 491 g/mol. The van der Waals surface area contributed by atoms with E-state index in [2.05, 4.69) is 29.3 Å². The molecule has 0 bridgehead atoms. The molecule has 2 aliphatic heterocycles. The Labute approximate surface area is 200 Å². The van der Waals surface area contributed by atoms with E-state index in [0.29, 0.717) is 23.0 Å². The fourth-order valence-electron chi connectivity index (χ4n) is 4.50. The first kappa shape index (κ1) is 23.9. The highest BCUT2D eigenvalue weighted by molar-refractivity contribution is 7.92. The minimum absolute atomic E-state index is 0.106. The maximum Gasteiger partial charge on any atom is 0.263 e. The molecule has 1 saturated heterocycles. The van der Waals surface area contributed by atoms with Crippen molar-refractivity contribution in [2.75, 3.05) is 30.2 Å². The van der Waals surface area contributed by atoms with Crippen LogP contribution < -0.4 is 14.4 Å². The minimum Gasteiger partial charge on any atom is -0.476 e. The quantitative estimate of drug-likeness (QED) is 0.670. The van der Waals surface area contributed by atoms with Crippen LogP contribution in [0.4, 0.5) is 5.69 Å². The first-order chi connectivity index (χ1) is 15.7. The Kier molecular flexibility index (Phi) is 7.16. The van der Waals surface area contributed by atoms with Gasteiger partial charge in [0.1, 0.15) is 5.75 Å². The van der Waals surface area contributed by atoms with Gasteiger partial charge in [0.15, 0.2) is 6.10 Å². The Morgan fingerprint density at radius 1 is 1.18 bits per heavy atom. The molecular weight excluding hydrogens is 462 g/mol. The number of ether oxygens (including phenoxy) is 1. The van der Waals surface area contributed by atoms with Crippen molar-refractivity contribution in [3.05, 3.63) is 58.6 Å². The number of hydrogen-bond acceptors (Lipinski definition) is 5. The van der Waals surface area contributed by atoms with Gasteiger partial charge >= 0.3 is 0 Å². The standard InChI is InChI=1S/C24H30ClN3O4S/c1-17-5-4-10-27(14-17)15-19-7-3-6-18(11-19)13-26-24(29)23-16-28(33(2,30)31)21-12-20(25)8-9-22(21)32-23/h3,6-9,11-12,17,23H,4-5,10,13-16H2,1-2H3,(H,26,29). The molecule has 9 heteroatoms. The third-order valence-corrected chi connectivity index (χ3v) is 7.47. The molecule has 7 nitrogen and oxygen atoms in total. The number of likely N-dealkylation sites (tertiary alicyclic amines) is 1. The maximum absolute atomic E-state index is 12.9. The second-order valence-corrected chi connectivity index (χ2v) is 11.4. The molecule has 2 aromatic carbocycles. The number of sulfonamides is 1. The number of carbonyl (C=O) groups excluding carboxylic acids is 1. The fraction of sp³-hybridized carbons (Fsp3) is 0.458. The number of nitrogens with zero attached hydrogens (tertiary/aromatic N) is 2. The van der Waals surface area contributed by atoms with E-state index in [4.69, 9.17) is 16.3 Å². The predicted octanol–water partition coefficient (Wildman–Crippen LogP) is 3.42. The van der Waals surface area contributed by atoms with Gasteiger partial charge in [-0.3, -0.25) is 14.0 Å². The van der Waals surface area contributed by atoms with Crippen LogP contribution in [0.25, 0.3) is 0 Å². The van der Waals surface area contributed by atoms with E-state index >= 15 is 0 Å². The molecule has 0 radical (unpaired) electrons. The lowest BCUT2D eigenvalue weighted by Gasteiger charge is -2.34. The van der Waals surface area contributed by atoms with Gasteiger partial charge in [0.05, 0.1) is 18.5 Å². The number of fused-ring (bicyclic) bond motifs is 1. The molecule has 1 N–H and O–H groups in total. The van der Waals surface area contributed by atoms with Gasteiger partial charge in [0.25, 0.3) is 5.91 Å². The van der Waals surface area contributed by atoms with Gasteiger partial charge in [0.2, 0.25) is 10.0 Å². The van der Waals surface area contributed by atoms with Crippen molar-refractivity contribution in [3.8, 4) is 5.75 Å². The SMILES string of the molecule is CC1CCCN(Cc2cccc(CNC(=O)C3CN(S(C)(=O)=O)c4cc(Cl)ccc4O3)c2)C1. The summed E-state index contributed by atoms with van der Waals surface area (Å²) in [5, 5.41) is 3.29. The van der Waals surface area contributed by atoms with E-state index in [1.165, 1.54) is 28.8 Å². The van der Waals surface area contributed by atoms with Crippen LogP contribution in [0.5, 0.6) is 5.75 Å². The van der Waals surface area contributed by atoms with Gasteiger partial charge in [-0.05, 0) is 54.6 Å². The van der Waals surface area contributed by atoms with E-state index in [-0.39, 0.29) is 12.5 Å². The van der Waals surface area contributed by atoms with Crippen molar-refractivity contribution < 1.29 is 17.9 Å². The van der Waals surface area contributed by atoms with Crippen molar-refractivity contribution in [2.24, 2.45) is 5.92 Å². The molecule has 1 fully saturated rings. The van der Waals surface area contributed by atoms with E-state index in [9.17, 15) is 13.2 Å². The third-order valence-electron chi connectivity index (χ3n) is 6.09.